The van der Waals surface area contributed by atoms with Gasteiger partial charge in [0, 0.05) is 6.54 Å². The summed E-state index contributed by atoms with van der Waals surface area (Å²) < 4.78 is 27.7. The maximum absolute atomic E-state index is 13.2. The minimum Gasteiger partial charge on any atom is -0.481 e. The second-order valence-electron chi connectivity index (χ2n) is 6.43. The molecule has 5 nitrogen and oxygen atoms in total. The van der Waals surface area contributed by atoms with Crippen molar-refractivity contribution in [2.45, 2.75) is 30.7 Å². The molecule has 3 rings (SSSR count). The highest BCUT2D eigenvalue weighted by Crippen LogP contribution is 2.37. The second kappa shape index (κ2) is 6.98. The van der Waals surface area contributed by atoms with Gasteiger partial charge in [-0.3, -0.25) is 4.79 Å². The molecular weight excluding hydrogens is 338 g/mol. The summed E-state index contributed by atoms with van der Waals surface area (Å²) in [5.41, 5.74) is 1.86. The van der Waals surface area contributed by atoms with E-state index in [0.717, 1.165) is 11.1 Å². The van der Waals surface area contributed by atoms with Crippen molar-refractivity contribution in [1.82, 2.24) is 4.31 Å². The van der Waals surface area contributed by atoms with Gasteiger partial charge in [-0.15, -0.1) is 0 Å². The van der Waals surface area contributed by atoms with Crippen LogP contribution in [0.4, 0.5) is 0 Å². The first-order valence-corrected chi connectivity index (χ1v) is 9.70. The Morgan fingerprint density at radius 3 is 2.28 bits per heavy atom. The molecule has 0 bridgehead atoms. The van der Waals surface area contributed by atoms with Gasteiger partial charge in [0.25, 0.3) is 0 Å². The van der Waals surface area contributed by atoms with Crippen LogP contribution in [-0.4, -0.2) is 30.3 Å². The highest BCUT2D eigenvalue weighted by Gasteiger charge is 2.39. The molecule has 0 radical (unpaired) electrons. The molecule has 0 unspecified atom stereocenters. The average molecular weight is 359 g/mol. The van der Waals surface area contributed by atoms with E-state index in [-0.39, 0.29) is 17.5 Å². The van der Waals surface area contributed by atoms with Crippen molar-refractivity contribution in [2.24, 2.45) is 5.92 Å². The topological polar surface area (TPSA) is 74.7 Å². The third kappa shape index (κ3) is 3.60. The number of carbonyl (C=O) groups is 1. The minimum atomic E-state index is -3.77. The Morgan fingerprint density at radius 2 is 1.68 bits per heavy atom. The first kappa shape index (κ1) is 17.6. The van der Waals surface area contributed by atoms with Crippen LogP contribution in [0.25, 0.3) is 0 Å². The molecule has 2 atom stereocenters. The molecule has 1 N–H and O–H groups in total. The van der Waals surface area contributed by atoms with E-state index >= 15 is 0 Å². The summed E-state index contributed by atoms with van der Waals surface area (Å²) in [6, 6.07) is 15.7. The molecule has 1 heterocycles. The average Bonchev–Trinajstić information content (AvgIpc) is 2.62. The van der Waals surface area contributed by atoms with E-state index < -0.39 is 21.9 Å². The van der Waals surface area contributed by atoms with E-state index in [1.54, 1.807) is 24.3 Å². The van der Waals surface area contributed by atoms with Crippen molar-refractivity contribution >= 4 is 16.0 Å². The fourth-order valence-corrected chi connectivity index (χ4v) is 4.95. The molecule has 1 saturated heterocycles. The first-order valence-electron chi connectivity index (χ1n) is 8.26. The zero-order valence-corrected chi connectivity index (χ0v) is 14.8. The van der Waals surface area contributed by atoms with Crippen LogP contribution in [0.3, 0.4) is 0 Å². The Kier molecular flexibility index (Phi) is 4.92. The zero-order chi connectivity index (χ0) is 18.0. The number of piperidine rings is 1. The Balaban J connectivity index is 2.02. The maximum Gasteiger partial charge on any atom is 0.307 e. The van der Waals surface area contributed by atoms with E-state index in [2.05, 4.69) is 0 Å². The van der Waals surface area contributed by atoms with Gasteiger partial charge in [-0.05, 0) is 37.5 Å². The predicted octanol–water partition coefficient (Wildman–Crippen LogP) is 3.22. The lowest BCUT2D eigenvalue weighted by atomic mass is 9.91. The fraction of sp³-hybridized carbons (Fsp3) is 0.316. The van der Waals surface area contributed by atoms with Gasteiger partial charge in [0.15, 0.2) is 0 Å². The zero-order valence-electron chi connectivity index (χ0n) is 14.0. The Morgan fingerprint density at radius 1 is 1.04 bits per heavy atom. The van der Waals surface area contributed by atoms with Crippen molar-refractivity contribution in [3.05, 3.63) is 65.7 Å². The van der Waals surface area contributed by atoms with Crippen LogP contribution in [0.2, 0.25) is 0 Å². The summed E-state index contributed by atoms with van der Waals surface area (Å²) in [4.78, 5) is 11.6. The van der Waals surface area contributed by atoms with Crippen molar-refractivity contribution in [2.75, 3.05) is 6.54 Å². The molecule has 1 fully saturated rings. The van der Waals surface area contributed by atoms with Crippen LogP contribution in [0, 0.1) is 12.8 Å². The number of carboxylic acids is 1. The number of sulfonamides is 1. The third-order valence-electron chi connectivity index (χ3n) is 4.70. The molecule has 1 aliphatic rings. The van der Waals surface area contributed by atoms with E-state index in [9.17, 15) is 18.3 Å². The van der Waals surface area contributed by atoms with Crippen molar-refractivity contribution < 1.29 is 18.3 Å². The van der Waals surface area contributed by atoms with Crippen LogP contribution in [0.1, 0.15) is 30.0 Å². The van der Waals surface area contributed by atoms with Gasteiger partial charge in [-0.1, -0.05) is 48.0 Å². The predicted molar refractivity (Wildman–Crippen MR) is 94.6 cm³/mol. The second-order valence-corrected chi connectivity index (χ2v) is 8.32. The molecule has 132 valence electrons. The van der Waals surface area contributed by atoms with Gasteiger partial charge in [0.05, 0.1) is 16.9 Å². The summed E-state index contributed by atoms with van der Waals surface area (Å²) in [5, 5.41) is 9.36. The highest BCUT2D eigenvalue weighted by atomic mass is 32.2. The molecule has 0 aliphatic carbocycles. The maximum atomic E-state index is 13.2. The molecular formula is C19H21NO4S. The number of nitrogens with zero attached hydrogens (tertiary/aromatic N) is 1. The van der Waals surface area contributed by atoms with Gasteiger partial charge in [0.2, 0.25) is 10.0 Å². The van der Waals surface area contributed by atoms with E-state index in [0.29, 0.717) is 12.8 Å². The van der Waals surface area contributed by atoms with Gasteiger partial charge >= 0.3 is 5.97 Å². The number of aliphatic carboxylic acids is 1. The fourth-order valence-electron chi connectivity index (χ4n) is 3.26. The standard InChI is InChI=1S/C19H21NO4S/c1-14-7-10-17(11-8-14)25(23,24)20-13-16(19(21)22)9-12-18(20)15-5-3-2-4-6-15/h2-8,10-11,16,18H,9,12-13H2,1H3,(H,21,22)/t16-,18-/m1/s1. The molecule has 2 aromatic rings. The number of hydrogen-bond acceptors (Lipinski definition) is 3. The summed E-state index contributed by atoms with van der Waals surface area (Å²) >= 11 is 0. The SMILES string of the molecule is Cc1ccc(S(=O)(=O)N2C[C@H](C(=O)O)CC[C@@H]2c2ccccc2)cc1. The molecule has 0 saturated carbocycles. The molecule has 0 aromatic heterocycles. The van der Waals surface area contributed by atoms with Crippen LogP contribution in [0.5, 0.6) is 0 Å². The molecule has 2 aromatic carbocycles. The first-order chi connectivity index (χ1) is 11.9. The van der Waals surface area contributed by atoms with E-state index in [1.807, 2.05) is 37.3 Å². The molecule has 25 heavy (non-hydrogen) atoms. The van der Waals surface area contributed by atoms with Crippen LogP contribution < -0.4 is 0 Å². The highest BCUT2D eigenvalue weighted by molar-refractivity contribution is 7.89. The van der Waals surface area contributed by atoms with Crippen molar-refractivity contribution in [3.63, 3.8) is 0 Å². The lowest BCUT2D eigenvalue weighted by Gasteiger charge is -2.37. The van der Waals surface area contributed by atoms with Crippen LogP contribution >= 0.6 is 0 Å². The quantitative estimate of drug-likeness (QED) is 0.909. The molecule has 6 heteroatoms. The molecule has 0 amide bonds. The van der Waals surface area contributed by atoms with Crippen LogP contribution in [-0.2, 0) is 14.8 Å². The lowest BCUT2D eigenvalue weighted by Crippen LogP contribution is -2.44. The van der Waals surface area contributed by atoms with E-state index in [4.69, 9.17) is 0 Å². The summed E-state index contributed by atoms with van der Waals surface area (Å²) in [7, 11) is -3.77. The minimum absolute atomic E-state index is 0.00883. The van der Waals surface area contributed by atoms with Gasteiger partial charge in [-0.25, -0.2) is 8.42 Å². The number of hydrogen-bond donors (Lipinski definition) is 1. The Labute approximate surface area is 148 Å². The Bertz CT molecular complexity index is 847. The van der Waals surface area contributed by atoms with Gasteiger partial charge in [-0.2, -0.15) is 4.31 Å². The summed E-state index contributed by atoms with van der Waals surface area (Å²) in [6.07, 6.45) is 0.959. The number of aryl methyl sites for hydroxylation is 1. The van der Waals surface area contributed by atoms with Crippen LogP contribution in [0.15, 0.2) is 59.5 Å². The normalized spacial score (nSPS) is 21.8. The molecule has 0 spiro atoms. The van der Waals surface area contributed by atoms with Crippen molar-refractivity contribution in [3.8, 4) is 0 Å². The lowest BCUT2D eigenvalue weighted by molar-refractivity contribution is -0.143. The number of rotatable bonds is 4. The molecule has 1 aliphatic heterocycles. The van der Waals surface area contributed by atoms with Gasteiger partial charge in [0.1, 0.15) is 0 Å². The Hall–Kier alpha value is -2.18. The number of carboxylic acid groups (broad SMARTS) is 1. The largest absolute Gasteiger partial charge is 0.481 e. The third-order valence-corrected chi connectivity index (χ3v) is 6.59. The number of benzene rings is 2. The van der Waals surface area contributed by atoms with E-state index in [1.165, 1.54) is 4.31 Å². The summed E-state index contributed by atoms with van der Waals surface area (Å²) in [5.74, 6) is -1.63. The smallest absolute Gasteiger partial charge is 0.307 e. The summed E-state index contributed by atoms with van der Waals surface area (Å²) in [6.45, 7) is 1.88. The van der Waals surface area contributed by atoms with Crippen molar-refractivity contribution in [1.29, 1.82) is 0 Å². The monoisotopic (exact) mass is 359 g/mol. The van der Waals surface area contributed by atoms with Gasteiger partial charge < -0.3 is 5.11 Å².